The van der Waals surface area contributed by atoms with E-state index in [2.05, 4.69) is 26.0 Å². The van der Waals surface area contributed by atoms with E-state index >= 15 is 0 Å². The van der Waals surface area contributed by atoms with Gasteiger partial charge in [-0.15, -0.1) is 0 Å². The van der Waals surface area contributed by atoms with Gasteiger partial charge in [0.25, 0.3) is 5.56 Å². The lowest BCUT2D eigenvalue weighted by molar-refractivity contribution is -0.127. The van der Waals surface area contributed by atoms with Crippen LogP contribution in [-0.2, 0) is 11.8 Å². The molecule has 1 aromatic carbocycles. The van der Waals surface area contributed by atoms with Crippen LogP contribution in [0.25, 0.3) is 0 Å². The number of nitrogens with one attached hydrogen (secondary N) is 1. The Balaban J connectivity index is 2.00. The number of Topliss-reactive ketones (excluding diaryl/α,β-unsaturated/α-hetero) is 1. The highest BCUT2D eigenvalue weighted by molar-refractivity contribution is 9.10. The van der Waals surface area contributed by atoms with Gasteiger partial charge in [0.15, 0.2) is 5.82 Å². The van der Waals surface area contributed by atoms with Gasteiger partial charge in [0, 0.05) is 28.6 Å². The van der Waals surface area contributed by atoms with Crippen molar-refractivity contribution < 1.29 is 4.79 Å². The number of carbonyl (C=O) groups excluding carboxylic acids is 1. The zero-order valence-electron chi connectivity index (χ0n) is 14.1. The molecule has 0 spiro atoms. The predicted molar refractivity (Wildman–Crippen MR) is 101 cm³/mol. The molecule has 1 saturated carbocycles. The summed E-state index contributed by atoms with van der Waals surface area (Å²) in [6.07, 6.45) is 0.607. The molecule has 2 unspecified atom stereocenters. The standard InChI is InChI=1S/C18H17BrClN3O2/c1-18(2)7-11-13(15(18)24)12(8-4-5-9(19)10(20)6-8)14-16(21-11)23(3)22-17(14)25/h4-6,12-13H,7H2,1-3H3,(H,22,25). The number of aromatic nitrogens is 2. The van der Waals surface area contributed by atoms with E-state index in [1.54, 1.807) is 11.7 Å². The average Bonchev–Trinajstić information content (AvgIpc) is 2.94. The maximum absolute atomic E-state index is 13.1. The molecule has 0 amide bonds. The molecule has 2 aliphatic rings. The van der Waals surface area contributed by atoms with E-state index < -0.39 is 11.3 Å². The number of aryl methyl sites for hydroxylation is 1. The molecule has 2 aromatic rings. The van der Waals surface area contributed by atoms with Gasteiger partial charge in [0.05, 0.1) is 16.5 Å². The first-order valence-electron chi connectivity index (χ1n) is 8.06. The minimum Gasteiger partial charge on any atom is -0.298 e. The number of ketones is 1. The number of rotatable bonds is 1. The first-order valence-corrected chi connectivity index (χ1v) is 9.23. The van der Waals surface area contributed by atoms with Gasteiger partial charge in [0.1, 0.15) is 5.78 Å². The quantitative estimate of drug-likeness (QED) is 0.756. The summed E-state index contributed by atoms with van der Waals surface area (Å²) in [5.41, 5.74) is 1.56. The Kier molecular flexibility index (Phi) is 3.64. The van der Waals surface area contributed by atoms with E-state index in [4.69, 9.17) is 11.6 Å². The van der Waals surface area contributed by atoms with E-state index in [9.17, 15) is 9.59 Å². The third-order valence-electron chi connectivity index (χ3n) is 5.20. The van der Waals surface area contributed by atoms with Crippen LogP contribution in [0.3, 0.4) is 0 Å². The Morgan fingerprint density at radius 1 is 1.32 bits per heavy atom. The smallest absolute Gasteiger partial charge is 0.270 e. The first kappa shape index (κ1) is 16.8. The van der Waals surface area contributed by atoms with Crippen LogP contribution in [0.2, 0.25) is 5.02 Å². The average molecular weight is 423 g/mol. The van der Waals surface area contributed by atoms with Gasteiger partial charge in [-0.25, -0.2) is 4.99 Å². The van der Waals surface area contributed by atoms with Crippen molar-refractivity contribution in [3.63, 3.8) is 0 Å². The van der Waals surface area contributed by atoms with Crippen LogP contribution in [0.15, 0.2) is 32.5 Å². The van der Waals surface area contributed by atoms with Crippen molar-refractivity contribution in [2.75, 3.05) is 0 Å². The number of halogens is 2. The van der Waals surface area contributed by atoms with Gasteiger partial charge >= 0.3 is 0 Å². The van der Waals surface area contributed by atoms with Gasteiger partial charge in [-0.05, 0) is 40.0 Å². The number of hydrogen-bond acceptors (Lipinski definition) is 3. The van der Waals surface area contributed by atoms with Crippen molar-refractivity contribution in [1.29, 1.82) is 0 Å². The second-order valence-electron chi connectivity index (χ2n) is 7.39. The molecule has 1 aliphatic heterocycles. The zero-order chi connectivity index (χ0) is 18.1. The molecule has 0 bridgehead atoms. The monoisotopic (exact) mass is 421 g/mol. The fourth-order valence-corrected chi connectivity index (χ4v) is 4.44. The Morgan fingerprint density at radius 3 is 2.72 bits per heavy atom. The minimum atomic E-state index is -0.476. The number of carbonyl (C=O) groups is 1. The van der Waals surface area contributed by atoms with Gasteiger partial charge < -0.3 is 0 Å². The molecule has 0 saturated heterocycles. The van der Waals surface area contributed by atoms with Crippen LogP contribution in [0.4, 0.5) is 5.82 Å². The van der Waals surface area contributed by atoms with Crippen LogP contribution in [-0.4, -0.2) is 21.3 Å². The molecule has 1 aromatic heterocycles. The molecule has 5 nitrogen and oxygen atoms in total. The summed E-state index contributed by atoms with van der Waals surface area (Å²) in [5, 5.41) is 3.32. The molecule has 130 valence electrons. The Bertz CT molecular complexity index is 1000. The Morgan fingerprint density at radius 2 is 2.04 bits per heavy atom. The first-order chi connectivity index (χ1) is 11.7. The Hall–Kier alpha value is -1.66. The van der Waals surface area contributed by atoms with E-state index in [1.165, 1.54) is 0 Å². The summed E-state index contributed by atoms with van der Waals surface area (Å²) in [5.74, 6) is -0.0504. The molecule has 1 N–H and O–H groups in total. The molecule has 2 atom stereocenters. The second kappa shape index (κ2) is 5.42. The zero-order valence-corrected chi connectivity index (χ0v) is 16.4. The lowest BCUT2D eigenvalue weighted by Gasteiger charge is -2.27. The number of hydrogen-bond donors (Lipinski definition) is 1. The van der Waals surface area contributed by atoms with E-state index in [1.807, 2.05) is 32.0 Å². The van der Waals surface area contributed by atoms with E-state index in [0.717, 1.165) is 15.7 Å². The highest BCUT2D eigenvalue weighted by atomic mass is 79.9. The molecular weight excluding hydrogens is 406 g/mol. The maximum atomic E-state index is 13.1. The van der Waals surface area contributed by atoms with Crippen molar-refractivity contribution in [2.45, 2.75) is 26.2 Å². The van der Waals surface area contributed by atoms with Gasteiger partial charge in [-0.2, -0.15) is 0 Å². The van der Waals surface area contributed by atoms with E-state index in [0.29, 0.717) is 22.8 Å². The number of aromatic amines is 1. The number of nitrogens with zero attached hydrogens (tertiary/aromatic N) is 2. The fraction of sp³-hybridized carbons (Fsp3) is 0.389. The molecule has 2 heterocycles. The minimum absolute atomic E-state index is 0.129. The summed E-state index contributed by atoms with van der Waals surface area (Å²) < 4.78 is 2.41. The molecule has 1 aliphatic carbocycles. The third-order valence-corrected chi connectivity index (χ3v) is 6.43. The fourth-order valence-electron chi connectivity index (χ4n) is 4.01. The van der Waals surface area contributed by atoms with Crippen molar-refractivity contribution in [2.24, 2.45) is 23.4 Å². The van der Waals surface area contributed by atoms with Crippen molar-refractivity contribution in [3.05, 3.63) is 49.2 Å². The molecule has 1 fully saturated rings. The van der Waals surface area contributed by atoms with Crippen LogP contribution < -0.4 is 5.56 Å². The second-order valence-corrected chi connectivity index (χ2v) is 8.66. The number of fused-ring (bicyclic) bond motifs is 2. The normalized spacial score (nSPS) is 24.0. The number of aliphatic imine (C=N–C) groups is 1. The molecule has 25 heavy (non-hydrogen) atoms. The van der Waals surface area contributed by atoms with Gasteiger partial charge in [-0.3, -0.25) is 19.4 Å². The maximum Gasteiger partial charge on any atom is 0.270 e. The third kappa shape index (κ3) is 2.38. The summed E-state index contributed by atoms with van der Waals surface area (Å²) in [7, 11) is 1.76. The lowest BCUT2D eigenvalue weighted by Crippen LogP contribution is -2.32. The van der Waals surface area contributed by atoms with Gasteiger partial charge in [-0.1, -0.05) is 31.5 Å². The van der Waals surface area contributed by atoms with Crippen molar-refractivity contribution in [3.8, 4) is 0 Å². The van der Waals surface area contributed by atoms with Crippen LogP contribution in [0, 0.1) is 11.3 Å². The summed E-state index contributed by atoms with van der Waals surface area (Å²) >= 11 is 9.68. The van der Waals surface area contributed by atoms with Crippen molar-refractivity contribution in [1.82, 2.24) is 9.78 Å². The number of benzene rings is 1. The highest BCUT2D eigenvalue weighted by Gasteiger charge is 2.52. The van der Waals surface area contributed by atoms with Gasteiger partial charge in [0.2, 0.25) is 0 Å². The number of H-pyrrole nitrogens is 1. The molecule has 7 heteroatoms. The lowest BCUT2D eigenvalue weighted by atomic mass is 9.76. The SMILES string of the molecule is Cn1[nH]c(=O)c2c1N=C1CC(C)(C)C(=O)C1C2c1ccc(Br)c(Cl)c1. The molecule has 0 radical (unpaired) electrons. The summed E-state index contributed by atoms with van der Waals surface area (Å²) in [6, 6.07) is 5.59. The largest absolute Gasteiger partial charge is 0.298 e. The molecular formula is C18H17BrClN3O2. The predicted octanol–water partition coefficient (Wildman–Crippen LogP) is 3.96. The van der Waals surface area contributed by atoms with Crippen LogP contribution in [0.5, 0.6) is 0 Å². The Labute approximate surface area is 158 Å². The molecule has 4 rings (SSSR count). The topological polar surface area (TPSA) is 67.2 Å². The summed E-state index contributed by atoms with van der Waals surface area (Å²) in [6.45, 7) is 3.88. The van der Waals surface area contributed by atoms with E-state index in [-0.39, 0.29) is 17.3 Å². The highest BCUT2D eigenvalue weighted by Crippen LogP contribution is 2.50. The van der Waals surface area contributed by atoms with Crippen LogP contribution >= 0.6 is 27.5 Å². The van der Waals surface area contributed by atoms with Crippen LogP contribution in [0.1, 0.15) is 37.3 Å². The summed E-state index contributed by atoms with van der Waals surface area (Å²) in [4.78, 5) is 30.3. The van der Waals surface area contributed by atoms with Crippen molar-refractivity contribution >= 4 is 44.8 Å².